The molecule has 4 rings (SSSR count). The van der Waals surface area contributed by atoms with Gasteiger partial charge in [-0.3, -0.25) is 9.59 Å². The molecule has 4 atom stereocenters. The SMILES string of the molecule is [B][C@@H]1O[C@]2(CC(=O)OCc3ccccc3)C(C(=O)OCc3ccccc3)C1OC2(C)C. The summed E-state index contributed by atoms with van der Waals surface area (Å²) in [6.07, 6.45) is -0.859. The number of ether oxygens (including phenoxy) is 4. The Hall–Kier alpha value is -2.64. The van der Waals surface area contributed by atoms with Gasteiger partial charge in [0.15, 0.2) is 0 Å². The van der Waals surface area contributed by atoms with Gasteiger partial charge in [0.2, 0.25) is 0 Å². The highest BCUT2D eigenvalue weighted by Crippen LogP contribution is 2.56. The largest absolute Gasteiger partial charge is 0.461 e. The predicted octanol–water partition coefficient (Wildman–Crippen LogP) is 2.92. The Morgan fingerprint density at radius 2 is 1.45 bits per heavy atom. The molecular weight excluding hydrogens is 395 g/mol. The third-order valence-electron chi connectivity index (χ3n) is 6.08. The average molecular weight is 420 g/mol. The molecule has 0 saturated carbocycles. The van der Waals surface area contributed by atoms with Gasteiger partial charge < -0.3 is 18.9 Å². The molecule has 6 nitrogen and oxygen atoms in total. The normalized spacial score (nSPS) is 28.3. The van der Waals surface area contributed by atoms with Gasteiger partial charge in [-0.1, -0.05) is 60.7 Å². The highest BCUT2D eigenvalue weighted by atomic mass is 16.6. The van der Waals surface area contributed by atoms with Gasteiger partial charge in [-0.05, 0) is 25.0 Å². The first kappa shape index (κ1) is 21.6. The number of fused-ring (bicyclic) bond motifs is 2. The standard InChI is InChI=1S/C24H25BO6/c1-23(2)24(13-18(26)28-14-16-9-5-3-6-10-16)19(20(30-23)21(25)31-24)22(27)29-15-17-11-7-4-8-12-17/h3-12,19-21H,13-15H2,1-2H3/t19?,20?,21-,24-/m1/s1. The molecule has 0 aliphatic carbocycles. The van der Waals surface area contributed by atoms with Crippen LogP contribution in [0, 0.1) is 5.92 Å². The first-order chi connectivity index (χ1) is 14.8. The van der Waals surface area contributed by atoms with Gasteiger partial charge in [-0.25, -0.2) is 0 Å². The third kappa shape index (κ3) is 4.12. The number of carbonyl (C=O) groups is 2. The number of esters is 2. The second kappa shape index (κ2) is 8.48. The molecule has 0 amide bonds. The maximum atomic E-state index is 13.1. The molecule has 2 unspecified atom stereocenters. The van der Waals surface area contributed by atoms with E-state index in [-0.39, 0.29) is 19.6 Å². The van der Waals surface area contributed by atoms with Crippen LogP contribution in [0.25, 0.3) is 0 Å². The molecule has 7 heteroatoms. The maximum absolute atomic E-state index is 13.1. The Bertz CT molecular complexity index is 932. The number of carbonyl (C=O) groups excluding carboxylic acids is 2. The fourth-order valence-electron chi connectivity index (χ4n) is 4.44. The molecule has 2 heterocycles. The average Bonchev–Trinajstić information content (AvgIpc) is 3.15. The maximum Gasteiger partial charge on any atom is 0.315 e. The van der Waals surface area contributed by atoms with Crippen LogP contribution in [0.2, 0.25) is 0 Å². The minimum absolute atomic E-state index is 0.118. The quantitative estimate of drug-likeness (QED) is 0.507. The van der Waals surface area contributed by atoms with E-state index >= 15 is 0 Å². The number of rotatable bonds is 7. The van der Waals surface area contributed by atoms with E-state index in [1.54, 1.807) is 13.8 Å². The molecular formula is C24H25BO6. The van der Waals surface area contributed by atoms with Crippen LogP contribution in [-0.2, 0) is 41.8 Å². The van der Waals surface area contributed by atoms with Gasteiger partial charge in [0.1, 0.15) is 32.6 Å². The summed E-state index contributed by atoms with van der Waals surface area (Å²) in [5.41, 5.74) is -0.451. The molecule has 2 radical (unpaired) electrons. The van der Waals surface area contributed by atoms with E-state index in [0.717, 1.165) is 11.1 Å². The number of hydrogen-bond acceptors (Lipinski definition) is 6. The molecule has 2 fully saturated rings. The van der Waals surface area contributed by atoms with E-state index in [0.29, 0.717) is 0 Å². The molecule has 2 aromatic rings. The fraction of sp³-hybridized carbons (Fsp3) is 0.417. The smallest absolute Gasteiger partial charge is 0.315 e. The van der Waals surface area contributed by atoms with E-state index in [1.807, 2.05) is 60.7 Å². The summed E-state index contributed by atoms with van der Waals surface area (Å²) in [4.78, 5) is 25.8. The van der Waals surface area contributed by atoms with Crippen molar-refractivity contribution in [2.24, 2.45) is 5.92 Å². The van der Waals surface area contributed by atoms with Crippen LogP contribution >= 0.6 is 0 Å². The summed E-state index contributed by atoms with van der Waals surface area (Å²) in [5.74, 6) is -1.81. The second-order valence-electron chi connectivity index (χ2n) is 8.46. The van der Waals surface area contributed by atoms with Crippen molar-refractivity contribution in [3.8, 4) is 0 Å². The Labute approximate surface area is 183 Å². The highest BCUT2D eigenvalue weighted by molar-refractivity contribution is 6.12. The molecule has 2 aliphatic heterocycles. The van der Waals surface area contributed by atoms with Crippen molar-refractivity contribution >= 4 is 19.8 Å². The van der Waals surface area contributed by atoms with Crippen LogP contribution in [-0.4, -0.2) is 43.1 Å². The zero-order valence-electron chi connectivity index (χ0n) is 17.7. The molecule has 31 heavy (non-hydrogen) atoms. The Balaban J connectivity index is 1.49. The Morgan fingerprint density at radius 3 is 2.03 bits per heavy atom. The zero-order chi connectivity index (χ0) is 22.1. The molecule has 160 valence electrons. The molecule has 0 aromatic heterocycles. The first-order valence-electron chi connectivity index (χ1n) is 10.3. The summed E-state index contributed by atoms with van der Waals surface area (Å²) in [6, 6.07) is 17.9. The van der Waals surface area contributed by atoms with E-state index in [4.69, 9.17) is 26.8 Å². The van der Waals surface area contributed by atoms with E-state index in [9.17, 15) is 9.59 Å². The van der Waals surface area contributed by atoms with Crippen molar-refractivity contribution in [3.63, 3.8) is 0 Å². The van der Waals surface area contributed by atoms with Crippen LogP contribution in [0.15, 0.2) is 60.7 Å². The molecule has 0 N–H and O–H groups in total. The monoisotopic (exact) mass is 420 g/mol. The summed E-state index contributed by atoms with van der Waals surface area (Å²) < 4.78 is 23.1. The molecule has 2 bridgehead atoms. The van der Waals surface area contributed by atoms with Crippen molar-refractivity contribution in [1.29, 1.82) is 0 Å². The zero-order valence-corrected chi connectivity index (χ0v) is 17.7. The van der Waals surface area contributed by atoms with Crippen LogP contribution in [0.1, 0.15) is 31.4 Å². The number of benzene rings is 2. The van der Waals surface area contributed by atoms with Crippen molar-refractivity contribution in [2.75, 3.05) is 0 Å². The number of hydrogen-bond donors (Lipinski definition) is 0. The first-order valence-corrected chi connectivity index (χ1v) is 10.3. The summed E-state index contributed by atoms with van der Waals surface area (Å²) in [7, 11) is 6.10. The van der Waals surface area contributed by atoms with Gasteiger partial charge in [0.05, 0.1) is 18.1 Å². The summed E-state index contributed by atoms with van der Waals surface area (Å²) in [6.45, 7) is 3.84. The minimum atomic E-state index is -1.27. The molecule has 2 aliphatic rings. The van der Waals surface area contributed by atoms with Crippen LogP contribution < -0.4 is 0 Å². The van der Waals surface area contributed by atoms with Crippen LogP contribution in [0.4, 0.5) is 0 Å². The summed E-state index contributed by atoms with van der Waals surface area (Å²) in [5, 5.41) is 0. The predicted molar refractivity (Wildman–Crippen MR) is 113 cm³/mol. The fourth-order valence-corrected chi connectivity index (χ4v) is 4.44. The van der Waals surface area contributed by atoms with Gasteiger partial charge in [0, 0.05) is 6.00 Å². The Kier molecular flexibility index (Phi) is 5.91. The lowest BCUT2D eigenvalue weighted by molar-refractivity contribution is -0.214. The van der Waals surface area contributed by atoms with Gasteiger partial charge >= 0.3 is 11.9 Å². The van der Waals surface area contributed by atoms with Crippen molar-refractivity contribution in [1.82, 2.24) is 0 Å². The van der Waals surface area contributed by atoms with Crippen molar-refractivity contribution < 1.29 is 28.5 Å². The van der Waals surface area contributed by atoms with E-state index < -0.39 is 41.2 Å². The van der Waals surface area contributed by atoms with Crippen molar-refractivity contribution in [3.05, 3.63) is 71.8 Å². The Morgan fingerprint density at radius 1 is 0.903 bits per heavy atom. The van der Waals surface area contributed by atoms with Gasteiger partial charge in [0.25, 0.3) is 0 Å². The topological polar surface area (TPSA) is 71.1 Å². The summed E-state index contributed by atoms with van der Waals surface area (Å²) >= 11 is 0. The minimum Gasteiger partial charge on any atom is -0.461 e. The highest BCUT2D eigenvalue weighted by Gasteiger charge is 2.72. The second-order valence-corrected chi connectivity index (χ2v) is 8.46. The van der Waals surface area contributed by atoms with Crippen molar-refractivity contribution in [2.45, 2.75) is 56.8 Å². The molecule has 2 aromatic carbocycles. The third-order valence-corrected chi connectivity index (χ3v) is 6.08. The lowest BCUT2D eigenvalue weighted by Crippen LogP contribution is -2.56. The van der Waals surface area contributed by atoms with Crippen LogP contribution in [0.3, 0.4) is 0 Å². The lowest BCUT2D eigenvalue weighted by atomic mass is 9.75. The van der Waals surface area contributed by atoms with E-state index in [1.165, 1.54) is 0 Å². The van der Waals surface area contributed by atoms with Gasteiger partial charge in [-0.15, -0.1) is 0 Å². The van der Waals surface area contributed by atoms with Crippen LogP contribution in [0.5, 0.6) is 0 Å². The molecule has 0 spiro atoms. The molecule has 2 saturated heterocycles. The van der Waals surface area contributed by atoms with E-state index in [2.05, 4.69) is 0 Å². The van der Waals surface area contributed by atoms with Gasteiger partial charge in [-0.2, -0.15) is 0 Å². The lowest BCUT2D eigenvalue weighted by Gasteiger charge is -2.42.